The largest absolute Gasteiger partial charge is 0.506 e. The number of hydrogen-bond donors (Lipinski definition) is 2. The van der Waals surface area contributed by atoms with Gasteiger partial charge in [-0.05, 0) is 24.3 Å². The summed E-state index contributed by atoms with van der Waals surface area (Å²) in [4.78, 5) is 20.3. The summed E-state index contributed by atoms with van der Waals surface area (Å²) in [7, 11) is 0. The van der Waals surface area contributed by atoms with Crippen molar-refractivity contribution in [1.82, 2.24) is 19.7 Å². The van der Waals surface area contributed by atoms with Crippen LogP contribution in [0.3, 0.4) is 0 Å². The first-order valence-electron chi connectivity index (χ1n) is 8.75. The number of aromatic nitrogens is 3. The van der Waals surface area contributed by atoms with Crippen molar-refractivity contribution in [2.75, 3.05) is 36.4 Å². The fourth-order valence-electron chi connectivity index (χ4n) is 3.01. The monoisotopic (exact) mass is 364 g/mol. The molecular weight excluding hydrogens is 344 g/mol. The summed E-state index contributed by atoms with van der Waals surface area (Å²) >= 11 is 0. The van der Waals surface area contributed by atoms with E-state index < -0.39 is 0 Å². The molecule has 3 heterocycles. The number of para-hydroxylation sites is 1. The molecule has 2 aromatic heterocycles. The summed E-state index contributed by atoms with van der Waals surface area (Å²) in [6.07, 6.45) is 5.16. The number of amides is 2. The van der Waals surface area contributed by atoms with Crippen LogP contribution >= 0.6 is 0 Å². The van der Waals surface area contributed by atoms with Crippen molar-refractivity contribution in [3.63, 3.8) is 0 Å². The Labute approximate surface area is 156 Å². The van der Waals surface area contributed by atoms with Gasteiger partial charge in [-0.15, -0.1) is 0 Å². The third kappa shape index (κ3) is 3.84. The Kier molecular flexibility index (Phi) is 4.61. The average Bonchev–Trinajstić information content (AvgIpc) is 3.21. The quantitative estimate of drug-likeness (QED) is 0.745. The van der Waals surface area contributed by atoms with E-state index in [-0.39, 0.29) is 11.8 Å². The second kappa shape index (κ2) is 7.36. The molecule has 27 heavy (non-hydrogen) atoms. The lowest BCUT2D eigenvalue weighted by atomic mass is 10.3. The van der Waals surface area contributed by atoms with Crippen LogP contribution in [-0.4, -0.2) is 57.0 Å². The minimum Gasteiger partial charge on any atom is -0.506 e. The van der Waals surface area contributed by atoms with E-state index in [0.717, 1.165) is 24.5 Å². The Bertz CT molecular complexity index is 901. The number of rotatable bonds is 3. The molecule has 1 fully saturated rings. The van der Waals surface area contributed by atoms with Gasteiger partial charge in [0.25, 0.3) is 0 Å². The first-order valence-corrected chi connectivity index (χ1v) is 8.75. The predicted octanol–water partition coefficient (Wildman–Crippen LogP) is 2.33. The van der Waals surface area contributed by atoms with Gasteiger partial charge < -0.3 is 14.9 Å². The second-order valence-electron chi connectivity index (χ2n) is 6.28. The molecule has 0 bridgehead atoms. The van der Waals surface area contributed by atoms with Gasteiger partial charge in [0.05, 0.1) is 30.0 Å². The Hall–Kier alpha value is -3.55. The van der Waals surface area contributed by atoms with Crippen LogP contribution in [0, 0.1) is 0 Å². The number of anilines is 2. The summed E-state index contributed by atoms with van der Waals surface area (Å²) in [6, 6.07) is 12.8. The molecule has 0 radical (unpaired) electrons. The molecule has 138 valence electrons. The zero-order chi connectivity index (χ0) is 18.6. The Balaban J connectivity index is 1.34. The third-order valence-corrected chi connectivity index (χ3v) is 4.50. The van der Waals surface area contributed by atoms with Crippen molar-refractivity contribution >= 4 is 17.5 Å². The number of piperazine rings is 1. The highest BCUT2D eigenvalue weighted by atomic mass is 16.3. The molecule has 0 aliphatic carbocycles. The molecule has 1 aliphatic rings. The third-order valence-electron chi connectivity index (χ3n) is 4.50. The van der Waals surface area contributed by atoms with Gasteiger partial charge in [-0.3, -0.25) is 5.32 Å². The van der Waals surface area contributed by atoms with Crippen molar-refractivity contribution < 1.29 is 9.90 Å². The van der Waals surface area contributed by atoms with E-state index in [1.807, 2.05) is 47.4 Å². The number of carbonyl (C=O) groups is 1. The zero-order valence-corrected chi connectivity index (χ0v) is 14.7. The zero-order valence-electron chi connectivity index (χ0n) is 14.7. The highest BCUT2D eigenvalue weighted by Crippen LogP contribution is 2.18. The highest BCUT2D eigenvalue weighted by molar-refractivity contribution is 5.88. The van der Waals surface area contributed by atoms with E-state index in [1.165, 1.54) is 12.3 Å². The average molecular weight is 364 g/mol. The summed E-state index contributed by atoms with van der Waals surface area (Å²) in [5.74, 6) is 0.488. The molecule has 2 N–H and O–H groups in total. The van der Waals surface area contributed by atoms with Gasteiger partial charge in [0.15, 0.2) is 0 Å². The molecule has 3 aromatic rings. The standard InChI is InChI=1S/C19H20N6O2/c26-17-6-7-18(20-13-17)22-19(27)24-10-8-23(9-11-24)16-12-21-25(14-16)15-4-2-1-3-5-15/h1-7,12-14,26H,8-11H2,(H,20,22,27). The summed E-state index contributed by atoms with van der Waals surface area (Å²) in [5, 5.41) is 16.4. The second-order valence-corrected chi connectivity index (χ2v) is 6.28. The molecule has 0 atom stereocenters. The molecule has 4 rings (SSSR count). The number of pyridine rings is 1. The molecule has 1 aromatic carbocycles. The maximum Gasteiger partial charge on any atom is 0.323 e. The fourth-order valence-corrected chi connectivity index (χ4v) is 3.01. The molecule has 1 aliphatic heterocycles. The predicted molar refractivity (Wildman–Crippen MR) is 102 cm³/mol. The van der Waals surface area contributed by atoms with E-state index in [4.69, 9.17) is 0 Å². The molecule has 0 saturated carbocycles. The van der Waals surface area contributed by atoms with Crippen LogP contribution in [-0.2, 0) is 0 Å². The highest BCUT2D eigenvalue weighted by Gasteiger charge is 2.22. The first kappa shape index (κ1) is 16.9. The Morgan fingerprint density at radius 2 is 1.74 bits per heavy atom. The van der Waals surface area contributed by atoms with Gasteiger partial charge >= 0.3 is 6.03 Å². The topological polar surface area (TPSA) is 86.5 Å². The number of urea groups is 1. The number of nitrogens with zero attached hydrogens (tertiary/aromatic N) is 5. The number of nitrogens with one attached hydrogen (secondary N) is 1. The number of carbonyl (C=O) groups excluding carboxylic acids is 1. The van der Waals surface area contributed by atoms with E-state index in [2.05, 4.69) is 20.3 Å². The number of benzene rings is 1. The molecule has 8 heteroatoms. The van der Waals surface area contributed by atoms with Crippen LogP contribution < -0.4 is 10.2 Å². The lowest BCUT2D eigenvalue weighted by Gasteiger charge is -2.35. The van der Waals surface area contributed by atoms with Gasteiger partial charge in [0.1, 0.15) is 11.6 Å². The van der Waals surface area contributed by atoms with Crippen LogP contribution in [0.4, 0.5) is 16.3 Å². The van der Waals surface area contributed by atoms with Crippen molar-refractivity contribution in [3.05, 3.63) is 61.1 Å². The van der Waals surface area contributed by atoms with Crippen LogP contribution in [0.1, 0.15) is 0 Å². The van der Waals surface area contributed by atoms with Crippen LogP contribution in [0.15, 0.2) is 61.1 Å². The molecule has 2 amide bonds. The molecule has 0 spiro atoms. The van der Waals surface area contributed by atoms with Crippen molar-refractivity contribution in [3.8, 4) is 11.4 Å². The number of aromatic hydroxyl groups is 1. The first-order chi connectivity index (χ1) is 13.2. The maximum atomic E-state index is 12.4. The minimum atomic E-state index is -0.187. The van der Waals surface area contributed by atoms with E-state index in [1.54, 1.807) is 11.0 Å². The van der Waals surface area contributed by atoms with E-state index in [9.17, 15) is 9.90 Å². The Morgan fingerprint density at radius 3 is 2.44 bits per heavy atom. The van der Waals surface area contributed by atoms with Crippen molar-refractivity contribution in [2.24, 2.45) is 0 Å². The SMILES string of the molecule is O=C(Nc1ccc(O)cn1)N1CCN(c2cnn(-c3ccccc3)c2)CC1. The van der Waals surface area contributed by atoms with E-state index in [0.29, 0.717) is 18.9 Å². The summed E-state index contributed by atoms with van der Waals surface area (Å²) in [5.41, 5.74) is 2.06. The maximum absolute atomic E-state index is 12.4. The van der Waals surface area contributed by atoms with Crippen LogP contribution in [0.25, 0.3) is 5.69 Å². The summed E-state index contributed by atoms with van der Waals surface area (Å²) < 4.78 is 1.85. The molecule has 0 unspecified atom stereocenters. The van der Waals surface area contributed by atoms with Gasteiger partial charge in [-0.25, -0.2) is 14.5 Å². The van der Waals surface area contributed by atoms with Gasteiger partial charge in [0.2, 0.25) is 0 Å². The van der Waals surface area contributed by atoms with Crippen molar-refractivity contribution in [1.29, 1.82) is 0 Å². The lowest BCUT2D eigenvalue weighted by molar-refractivity contribution is 0.208. The van der Waals surface area contributed by atoms with E-state index >= 15 is 0 Å². The Morgan fingerprint density at radius 1 is 0.963 bits per heavy atom. The van der Waals surface area contributed by atoms with Crippen molar-refractivity contribution in [2.45, 2.75) is 0 Å². The van der Waals surface area contributed by atoms with Crippen LogP contribution in [0.5, 0.6) is 5.75 Å². The smallest absolute Gasteiger partial charge is 0.323 e. The van der Waals surface area contributed by atoms with Gasteiger partial charge in [0, 0.05) is 26.2 Å². The fraction of sp³-hybridized carbons (Fsp3) is 0.211. The minimum absolute atomic E-state index is 0.0673. The van der Waals surface area contributed by atoms with Crippen LogP contribution in [0.2, 0.25) is 0 Å². The molecule has 1 saturated heterocycles. The summed E-state index contributed by atoms with van der Waals surface area (Å²) in [6.45, 7) is 2.69. The lowest BCUT2D eigenvalue weighted by Crippen LogP contribution is -2.50. The number of hydrogen-bond acceptors (Lipinski definition) is 5. The molecule has 8 nitrogen and oxygen atoms in total. The van der Waals surface area contributed by atoms with Gasteiger partial charge in [-0.1, -0.05) is 18.2 Å². The van der Waals surface area contributed by atoms with Gasteiger partial charge in [-0.2, -0.15) is 5.10 Å². The normalized spacial score (nSPS) is 14.2. The molecular formula is C19H20N6O2.